The fraction of sp³-hybridized carbons (Fsp3) is 0. The van der Waals surface area contributed by atoms with Crippen molar-refractivity contribution in [3.8, 4) is 45.4 Å². The molecule has 0 amide bonds. The molecule has 5 nitrogen and oxygen atoms in total. The zero-order valence-electron chi connectivity index (χ0n) is 26.2. The van der Waals surface area contributed by atoms with Gasteiger partial charge in [0.15, 0.2) is 17.5 Å². The van der Waals surface area contributed by atoms with Crippen LogP contribution in [-0.4, -0.2) is 19.9 Å². The number of hydrogen-bond donors (Lipinski definition) is 0. The van der Waals surface area contributed by atoms with E-state index in [9.17, 15) is 0 Å². The lowest BCUT2D eigenvalue weighted by molar-refractivity contribution is 0.669. The van der Waals surface area contributed by atoms with E-state index in [-0.39, 0.29) is 0 Å². The third-order valence-corrected chi connectivity index (χ3v) is 9.36. The molecule has 3 heterocycles. The van der Waals surface area contributed by atoms with Crippen molar-refractivity contribution in [1.82, 2.24) is 19.9 Å². The summed E-state index contributed by atoms with van der Waals surface area (Å²) in [4.78, 5) is 20.2. The fourth-order valence-electron chi connectivity index (χ4n) is 6.99. The van der Waals surface area contributed by atoms with Gasteiger partial charge in [0.2, 0.25) is 0 Å². The van der Waals surface area contributed by atoms with Gasteiger partial charge in [0.05, 0.1) is 5.69 Å². The Labute approximate surface area is 281 Å². The van der Waals surface area contributed by atoms with E-state index < -0.39 is 0 Å². The first-order valence-electron chi connectivity index (χ1n) is 16.3. The predicted octanol–water partition coefficient (Wildman–Crippen LogP) is 11.3. The molecule has 0 radical (unpaired) electrons. The lowest BCUT2D eigenvalue weighted by atomic mass is 10.0. The van der Waals surface area contributed by atoms with Crippen molar-refractivity contribution in [3.05, 3.63) is 158 Å². The largest absolute Gasteiger partial charge is 0.456 e. The van der Waals surface area contributed by atoms with E-state index in [4.69, 9.17) is 24.4 Å². The van der Waals surface area contributed by atoms with Crippen LogP contribution in [0.5, 0.6) is 0 Å². The summed E-state index contributed by atoms with van der Waals surface area (Å²) < 4.78 is 6.42. The third kappa shape index (κ3) is 4.55. The SMILES string of the molecule is c1ccc2cc3c(cc2c1)oc1cccc(-c2nc(-c4ccc(-c5nccc6ccccc56)cc4)nc(-c4cccc5ccccc45)n2)c13. The van der Waals surface area contributed by atoms with E-state index >= 15 is 0 Å². The van der Waals surface area contributed by atoms with Crippen molar-refractivity contribution in [2.24, 2.45) is 0 Å². The molecule has 0 aliphatic carbocycles. The summed E-state index contributed by atoms with van der Waals surface area (Å²) in [6, 6.07) is 52.1. The first kappa shape index (κ1) is 27.4. The lowest BCUT2D eigenvalue weighted by Gasteiger charge is -2.11. The second kappa shape index (κ2) is 10.9. The molecule has 10 aromatic rings. The molecule has 0 spiro atoms. The van der Waals surface area contributed by atoms with Gasteiger partial charge < -0.3 is 4.42 Å². The molecule has 0 unspecified atom stereocenters. The molecule has 0 N–H and O–H groups in total. The fourth-order valence-corrected chi connectivity index (χ4v) is 6.99. The molecule has 0 saturated heterocycles. The molecular formula is C44H26N4O. The summed E-state index contributed by atoms with van der Waals surface area (Å²) in [6.07, 6.45) is 1.86. The Kier molecular flexibility index (Phi) is 6.11. The van der Waals surface area contributed by atoms with Gasteiger partial charge in [-0.05, 0) is 51.2 Å². The lowest BCUT2D eigenvalue weighted by Crippen LogP contribution is -2.01. The quantitative estimate of drug-likeness (QED) is 0.194. The van der Waals surface area contributed by atoms with Crippen LogP contribution in [0.3, 0.4) is 0 Å². The van der Waals surface area contributed by atoms with Crippen LogP contribution in [0.4, 0.5) is 0 Å². The zero-order chi connectivity index (χ0) is 32.3. The Balaban J connectivity index is 1.19. The number of furan rings is 1. The number of nitrogens with zero attached hydrogens (tertiary/aromatic N) is 4. The van der Waals surface area contributed by atoms with E-state index in [2.05, 4.69) is 133 Å². The van der Waals surface area contributed by atoms with Crippen LogP contribution < -0.4 is 0 Å². The van der Waals surface area contributed by atoms with Crippen LogP contribution in [0, 0.1) is 0 Å². The van der Waals surface area contributed by atoms with E-state index in [1.165, 1.54) is 0 Å². The molecule has 5 heteroatoms. The Bertz CT molecular complexity index is 2880. The van der Waals surface area contributed by atoms with Gasteiger partial charge in [-0.15, -0.1) is 0 Å². The molecule has 0 aliphatic heterocycles. The number of rotatable bonds is 4. The van der Waals surface area contributed by atoms with Crippen molar-refractivity contribution in [3.63, 3.8) is 0 Å². The van der Waals surface area contributed by atoms with E-state index in [1.807, 2.05) is 24.4 Å². The molecular weight excluding hydrogens is 601 g/mol. The molecule has 49 heavy (non-hydrogen) atoms. The van der Waals surface area contributed by atoms with Crippen molar-refractivity contribution in [2.75, 3.05) is 0 Å². The number of pyridine rings is 1. The molecule has 0 saturated carbocycles. The van der Waals surface area contributed by atoms with Gasteiger partial charge in [0.25, 0.3) is 0 Å². The van der Waals surface area contributed by atoms with Gasteiger partial charge in [-0.3, -0.25) is 4.98 Å². The van der Waals surface area contributed by atoms with Gasteiger partial charge in [0, 0.05) is 44.6 Å². The van der Waals surface area contributed by atoms with Gasteiger partial charge in [-0.2, -0.15) is 0 Å². The minimum atomic E-state index is 0.592. The first-order chi connectivity index (χ1) is 24.3. The summed E-state index contributed by atoms with van der Waals surface area (Å²) >= 11 is 0. The van der Waals surface area contributed by atoms with Crippen LogP contribution in [0.1, 0.15) is 0 Å². The van der Waals surface area contributed by atoms with Gasteiger partial charge >= 0.3 is 0 Å². The van der Waals surface area contributed by atoms with Crippen molar-refractivity contribution >= 4 is 54.3 Å². The Hall–Kier alpha value is -6.72. The first-order valence-corrected chi connectivity index (χ1v) is 16.3. The van der Waals surface area contributed by atoms with E-state index in [0.29, 0.717) is 17.5 Å². The number of hydrogen-bond acceptors (Lipinski definition) is 5. The van der Waals surface area contributed by atoms with Crippen LogP contribution in [0.2, 0.25) is 0 Å². The monoisotopic (exact) mass is 626 g/mol. The molecule has 10 rings (SSSR count). The Morgan fingerprint density at radius 3 is 1.80 bits per heavy atom. The second-order valence-electron chi connectivity index (χ2n) is 12.3. The highest BCUT2D eigenvalue weighted by atomic mass is 16.3. The normalized spacial score (nSPS) is 11.7. The maximum Gasteiger partial charge on any atom is 0.164 e. The van der Waals surface area contributed by atoms with Gasteiger partial charge in [-0.25, -0.2) is 15.0 Å². The summed E-state index contributed by atoms with van der Waals surface area (Å²) in [5.41, 5.74) is 6.35. The molecule has 0 fully saturated rings. The minimum absolute atomic E-state index is 0.592. The van der Waals surface area contributed by atoms with Crippen LogP contribution in [0.25, 0.3) is 99.7 Å². The highest BCUT2D eigenvalue weighted by Crippen LogP contribution is 2.39. The Morgan fingerprint density at radius 1 is 0.388 bits per heavy atom. The topological polar surface area (TPSA) is 64.7 Å². The van der Waals surface area contributed by atoms with Crippen molar-refractivity contribution in [1.29, 1.82) is 0 Å². The van der Waals surface area contributed by atoms with E-state index in [1.54, 1.807) is 0 Å². The molecule has 0 atom stereocenters. The van der Waals surface area contributed by atoms with Gasteiger partial charge in [-0.1, -0.05) is 127 Å². The number of aromatic nitrogens is 4. The summed E-state index contributed by atoms with van der Waals surface area (Å²) in [5, 5.41) is 8.80. The Morgan fingerprint density at radius 2 is 0.980 bits per heavy atom. The van der Waals surface area contributed by atoms with Gasteiger partial charge in [0.1, 0.15) is 11.2 Å². The summed E-state index contributed by atoms with van der Waals surface area (Å²) in [6.45, 7) is 0. The highest BCUT2D eigenvalue weighted by molar-refractivity contribution is 6.15. The third-order valence-electron chi connectivity index (χ3n) is 9.36. The van der Waals surface area contributed by atoms with Crippen LogP contribution in [0.15, 0.2) is 162 Å². The second-order valence-corrected chi connectivity index (χ2v) is 12.3. The average Bonchev–Trinajstić information content (AvgIpc) is 3.54. The maximum absolute atomic E-state index is 6.42. The summed E-state index contributed by atoms with van der Waals surface area (Å²) in [7, 11) is 0. The average molecular weight is 627 g/mol. The zero-order valence-corrected chi connectivity index (χ0v) is 26.2. The minimum Gasteiger partial charge on any atom is -0.456 e. The number of benzene rings is 7. The predicted molar refractivity (Wildman–Crippen MR) is 199 cm³/mol. The van der Waals surface area contributed by atoms with Crippen molar-refractivity contribution in [2.45, 2.75) is 0 Å². The highest BCUT2D eigenvalue weighted by Gasteiger charge is 2.19. The standard InChI is InChI=1S/C44H26N4O/c1-2-12-32-26-39-37(25-31(32)11-1)40-36(17-8-18-38(40)49-39)44-47-42(46-43(48-44)35-16-7-13-27-9-3-5-14-33(27)35)30-21-19-29(20-22-30)41-34-15-6-4-10-28(34)23-24-45-41/h1-26H. The summed E-state index contributed by atoms with van der Waals surface area (Å²) in [5.74, 6) is 1.81. The molecule has 0 bridgehead atoms. The van der Waals surface area contributed by atoms with Crippen molar-refractivity contribution < 1.29 is 4.42 Å². The molecule has 228 valence electrons. The van der Waals surface area contributed by atoms with Crippen LogP contribution in [-0.2, 0) is 0 Å². The number of fused-ring (bicyclic) bond motifs is 6. The van der Waals surface area contributed by atoms with Crippen LogP contribution >= 0.6 is 0 Å². The van der Waals surface area contributed by atoms with E-state index in [0.717, 1.165) is 82.2 Å². The molecule has 7 aromatic carbocycles. The molecule has 3 aromatic heterocycles. The molecule has 0 aliphatic rings. The smallest absolute Gasteiger partial charge is 0.164 e. The maximum atomic E-state index is 6.42.